The molecule has 134 valence electrons. The van der Waals surface area contributed by atoms with Crippen LogP contribution in [0.5, 0.6) is 0 Å². The van der Waals surface area contributed by atoms with E-state index in [1.54, 1.807) is 0 Å². The molecule has 0 radical (unpaired) electrons. The molecular weight excluding hydrogens is 310 g/mol. The Morgan fingerprint density at radius 3 is 2.62 bits per heavy atom. The number of hydrogen-bond acceptors (Lipinski definition) is 4. The second-order valence-electron chi connectivity index (χ2n) is 6.96. The zero-order chi connectivity index (χ0) is 17.3. The molecule has 0 spiro atoms. The van der Waals surface area contributed by atoms with Gasteiger partial charge in [-0.2, -0.15) is 0 Å². The minimum absolute atomic E-state index is 0.0860. The molecule has 7 heteroatoms. The van der Waals surface area contributed by atoms with E-state index in [0.717, 1.165) is 30.6 Å². The third-order valence-electron chi connectivity index (χ3n) is 5.80. The first-order chi connectivity index (χ1) is 11.5. The first-order valence-corrected chi connectivity index (χ1v) is 9.07. The zero-order valence-corrected chi connectivity index (χ0v) is 14.5. The van der Waals surface area contributed by atoms with Gasteiger partial charge in [-0.25, -0.2) is 4.79 Å². The molecule has 2 saturated heterocycles. The SMILES string of the molecule is CCC1(CC)NC(=O)N(CC(=O)N2CCO[C@H]3CCCC[C@H]32)C1=O. The Hall–Kier alpha value is -1.63. The van der Waals surface area contributed by atoms with Crippen molar-refractivity contribution in [2.45, 2.75) is 70.1 Å². The summed E-state index contributed by atoms with van der Waals surface area (Å²) < 4.78 is 5.79. The predicted molar refractivity (Wildman–Crippen MR) is 87.3 cm³/mol. The van der Waals surface area contributed by atoms with E-state index >= 15 is 0 Å². The molecule has 2 atom stereocenters. The third-order valence-corrected chi connectivity index (χ3v) is 5.80. The highest BCUT2D eigenvalue weighted by Gasteiger charge is 2.50. The van der Waals surface area contributed by atoms with E-state index in [0.29, 0.717) is 26.0 Å². The lowest BCUT2D eigenvalue weighted by Gasteiger charge is -2.44. The summed E-state index contributed by atoms with van der Waals surface area (Å²) in [5, 5.41) is 2.77. The zero-order valence-electron chi connectivity index (χ0n) is 14.5. The van der Waals surface area contributed by atoms with E-state index in [1.807, 2.05) is 18.7 Å². The van der Waals surface area contributed by atoms with Crippen LogP contribution in [0.15, 0.2) is 0 Å². The Labute approximate surface area is 142 Å². The van der Waals surface area contributed by atoms with Gasteiger partial charge in [0.2, 0.25) is 5.91 Å². The van der Waals surface area contributed by atoms with Crippen LogP contribution in [0.3, 0.4) is 0 Å². The molecule has 3 aliphatic rings. The maximum Gasteiger partial charge on any atom is 0.325 e. The molecule has 1 saturated carbocycles. The van der Waals surface area contributed by atoms with Crippen molar-refractivity contribution in [3.05, 3.63) is 0 Å². The minimum Gasteiger partial charge on any atom is -0.374 e. The summed E-state index contributed by atoms with van der Waals surface area (Å²) in [6.07, 6.45) is 5.29. The molecule has 0 unspecified atom stereocenters. The molecule has 0 aromatic rings. The summed E-state index contributed by atoms with van der Waals surface area (Å²) in [5.74, 6) is -0.430. The Morgan fingerprint density at radius 1 is 1.25 bits per heavy atom. The lowest BCUT2D eigenvalue weighted by Crippen LogP contribution is -2.57. The normalized spacial score (nSPS) is 29.4. The van der Waals surface area contributed by atoms with Crippen molar-refractivity contribution in [1.29, 1.82) is 0 Å². The molecule has 7 nitrogen and oxygen atoms in total. The number of fused-ring (bicyclic) bond motifs is 1. The van der Waals surface area contributed by atoms with Crippen LogP contribution >= 0.6 is 0 Å². The molecule has 2 heterocycles. The van der Waals surface area contributed by atoms with Crippen molar-refractivity contribution >= 4 is 17.8 Å². The molecular formula is C17H27N3O4. The highest BCUT2D eigenvalue weighted by molar-refractivity contribution is 6.09. The number of urea groups is 1. The van der Waals surface area contributed by atoms with Gasteiger partial charge in [0, 0.05) is 6.54 Å². The number of carbonyl (C=O) groups is 3. The van der Waals surface area contributed by atoms with Crippen LogP contribution in [0.2, 0.25) is 0 Å². The van der Waals surface area contributed by atoms with Crippen LogP contribution in [0, 0.1) is 0 Å². The average molecular weight is 337 g/mol. The van der Waals surface area contributed by atoms with Gasteiger partial charge in [-0.15, -0.1) is 0 Å². The Kier molecular flexibility index (Phi) is 4.80. The summed E-state index contributed by atoms with van der Waals surface area (Å²) in [6.45, 7) is 4.65. The number of nitrogens with zero attached hydrogens (tertiary/aromatic N) is 2. The van der Waals surface area contributed by atoms with E-state index in [2.05, 4.69) is 5.32 Å². The number of amides is 4. The van der Waals surface area contributed by atoms with Crippen LogP contribution in [0.4, 0.5) is 4.79 Å². The standard InChI is InChI=1S/C17H27N3O4/c1-3-17(4-2)15(22)20(16(23)18-17)11-14(21)19-9-10-24-13-8-6-5-7-12(13)19/h12-13H,3-11H2,1-2H3,(H,18,23)/t12-,13+/m1/s1. The molecule has 0 bridgehead atoms. The van der Waals surface area contributed by atoms with Gasteiger partial charge < -0.3 is 15.0 Å². The molecule has 24 heavy (non-hydrogen) atoms. The number of imide groups is 1. The Bertz CT molecular complexity index is 530. The molecule has 2 aliphatic heterocycles. The highest BCUT2D eigenvalue weighted by atomic mass is 16.5. The number of rotatable bonds is 4. The van der Waals surface area contributed by atoms with Crippen LogP contribution in [-0.2, 0) is 14.3 Å². The average Bonchev–Trinajstić information content (AvgIpc) is 2.85. The number of carbonyl (C=O) groups excluding carboxylic acids is 3. The summed E-state index contributed by atoms with van der Waals surface area (Å²) >= 11 is 0. The first-order valence-electron chi connectivity index (χ1n) is 9.07. The van der Waals surface area contributed by atoms with Gasteiger partial charge in [0.25, 0.3) is 5.91 Å². The van der Waals surface area contributed by atoms with Gasteiger partial charge in [0.15, 0.2) is 0 Å². The fraction of sp³-hybridized carbons (Fsp3) is 0.824. The van der Waals surface area contributed by atoms with Crippen molar-refractivity contribution in [3.8, 4) is 0 Å². The lowest BCUT2D eigenvalue weighted by atomic mass is 9.90. The molecule has 4 amide bonds. The topological polar surface area (TPSA) is 79.0 Å². The van der Waals surface area contributed by atoms with Crippen molar-refractivity contribution < 1.29 is 19.1 Å². The second-order valence-corrected chi connectivity index (χ2v) is 6.96. The largest absolute Gasteiger partial charge is 0.374 e. The molecule has 1 N–H and O–H groups in total. The van der Waals surface area contributed by atoms with Crippen molar-refractivity contribution in [1.82, 2.24) is 15.1 Å². The quantitative estimate of drug-likeness (QED) is 0.784. The van der Waals surface area contributed by atoms with E-state index in [9.17, 15) is 14.4 Å². The third kappa shape index (κ3) is 2.79. The number of nitrogens with one attached hydrogen (secondary N) is 1. The van der Waals surface area contributed by atoms with Gasteiger partial charge in [-0.05, 0) is 25.7 Å². The number of morpholine rings is 1. The number of ether oxygens (including phenoxy) is 1. The molecule has 3 fully saturated rings. The first kappa shape index (κ1) is 17.2. The van der Waals surface area contributed by atoms with Crippen molar-refractivity contribution in [3.63, 3.8) is 0 Å². The predicted octanol–water partition coefficient (Wildman–Crippen LogP) is 1.27. The lowest BCUT2D eigenvalue weighted by molar-refractivity contribution is -0.152. The molecule has 0 aromatic carbocycles. The maximum absolute atomic E-state index is 12.8. The fourth-order valence-electron chi connectivity index (χ4n) is 4.18. The van der Waals surface area contributed by atoms with E-state index in [4.69, 9.17) is 4.74 Å². The van der Waals surface area contributed by atoms with E-state index < -0.39 is 11.6 Å². The summed E-state index contributed by atoms with van der Waals surface area (Å²) in [6, 6.07) is -0.367. The van der Waals surface area contributed by atoms with Crippen molar-refractivity contribution in [2.24, 2.45) is 0 Å². The van der Waals surface area contributed by atoms with Crippen LogP contribution in [-0.4, -0.2) is 65.0 Å². The maximum atomic E-state index is 12.8. The molecule has 1 aliphatic carbocycles. The van der Waals surface area contributed by atoms with Gasteiger partial charge in [0.05, 0.1) is 18.8 Å². The highest BCUT2D eigenvalue weighted by Crippen LogP contribution is 2.29. The number of hydrogen-bond donors (Lipinski definition) is 1. The van der Waals surface area contributed by atoms with Gasteiger partial charge in [-0.3, -0.25) is 14.5 Å². The second kappa shape index (κ2) is 6.70. The van der Waals surface area contributed by atoms with Crippen LogP contribution in [0.1, 0.15) is 52.4 Å². The van der Waals surface area contributed by atoms with Crippen LogP contribution < -0.4 is 5.32 Å². The van der Waals surface area contributed by atoms with Gasteiger partial charge in [0.1, 0.15) is 12.1 Å². The van der Waals surface area contributed by atoms with E-state index in [1.165, 1.54) is 0 Å². The van der Waals surface area contributed by atoms with E-state index in [-0.39, 0.29) is 30.5 Å². The van der Waals surface area contributed by atoms with Gasteiger partial charge >= 0.3 is 6.03 Å². The summed E-state index contributed by atoms with van der Waals surface area (Å²) in [5.41, 5.74) is -0.851. The summed E-state index contributed by atoms with van der Waals surface area (Å²) in [4.78, 5) is 40.6. The minimum atomic E-state index is -0.851. The monoisotopic (exact) mass is 337 g/mol. The Balaban J connectivity index is 1.70. The summed E-state index contributed by atoms with van der Waals surface area (Å²) in [7, 11) is 0. The van der Waals surface area contributed by atoms with Crippen molar-refractivity contribution in [2.75, 3.05) is 19.7 Å². The fourth-order valence-corrected chi connectivity index (χ4v) is 4.18. The molecule has 0 aromatic heterocycles. The van der Waals surface area contributed by atoms with Gasteiger partial charge in [-0.1, -0.05) is 26.7 Å². The van der Waals surface area contributed by atoms with Crippen LogP contribution in [0.25, 0.3) is 0 Å². The Morgan fingerprint density at radius 2 is 1.96 bits per heavy atom. The smallest absolute Gasteiger partial charge is 0.325 e. The molecule has 3 rings (SSSR count).